The summed E-state index contributed by atoms with van der Waals surface area (Å²) in [4.78, 5) is 0.761. The Labute approximate surface area is 153 Å². The zero-order valence-corrected chi connectivity index (χ0v) is 15.0. The van der Waals surface area contributed by atoms with Crippen LogP contribution in [0, 0.1) is 11.0 Å². The van der Waals surface area contributed by atoms with E-state index in [0.717, 1.165) is 41.2 Å². The fourth-order valence-corrected chi connectivity index (χ4v) is 3.73. The van der Waals surface area contributed by atoms with Crippen molar-refractivity contribution in [2.45, 2.75) is 44.9 Å². The first-order chi connectivity index (χ1) is 12.6. The molecule has 3 aromatic heterocycles. The number of aliphatic hydroxyl groups is 1. The number of hydrogen-bond acceptors (Lipinski definition) is 8. The Morgan fingerprint density at radius 1 is 1.38 bits per heavy atom. The second-order valence-electron chi connectivity index (χ2n) is 6.61. The third kappa shape index (κ3) is 3.84. The molecule has 7 nitrogen and oxygen atoms in total. The van der Waals surface area contributed by atoms with Gasteiger partial charge in [-0.2, -0.15) is 4.39 Å². The minimum Gasteiger partial charge on any atom is -0.422 e. The number of halogens is 1. The zero-order chi connectivity index (χ0) is 18.1. The smallest absolute Gasteiger partial charge is 0.244 e. The van der Waals surface area contributed by atoms with Gasteiger partial charge in [0.2, 0.25) is 11.8 Å². The molecule has 0 radical (unpaired) electrons. The molecule has 0 aromatic carbocycles. The molecule has 3 aromatic rings. The van der Waals surface area contributed by atoms with E-state index in [0.29, 0.717) is 30.1 Å². The maximum atomic E-state index is 13.1. The van der Waals surface area contributed by atoms with Crippen LogP contribution in [0.1, 0.15) is 43.4 Å². The van der Waals surface area contributed by atoms with Crippen molar-refractivity contribution in [1.82, 2.24) is 20.7 Å². The highest BCUT2D eigenvalue weighted by Crippen LogP contribution is 2.31. The van der Waals surface area contributed by atoms with Gasteiger partial charge >= 0.3 is 0 Å². The van der Waals surface area contributed by atoms with Gasteiger partial charge in [0.15, 0.2) is 10.9 Å². The average molecular weight is 378 g/mol. The molecule has 0 amide bonds. The fourth-order valence-electron chi connectivity index (χ4n) is 3.04. The van der Waals surface area contributed by atoms with Crippen LogP contribution in [0.25, 0.3) is 10.6 Å². The van der Waals surface area contributed by atoms with Gasteiger partial charge in [-0.15, -0.1) is 21.5 Å². The topological polar surface area (TPSA) is 97.2 Å². The predicted molar refractivity (Wildman–Crippen MR) is 91.8 cm³/mol. The van der Waals surface area contributed by atoms with Crippen LogP contribution in [0.4, 0.5) is 4.39 Å². The Kier molecular flexibility index (Phi) is 4.84. The third-order valence-corrected chi connectivity index (χ3v) is 5.38. The summed E-state index contributed by atoms with van der Waals surface area (Å²) in [7, 11) is 0. The quantitative estimate of drug-likeness (QED) is 0.652. The van der Waals surface area contributed by atoms with Crippen LogP contribution in [-0.4, -0.2) is 26.5 Å². The van der Waals surface area contributed by atoms with Gasteiger partial charge in [0.25, 0.3) is 0 Å². The van der Waals surface area contributed by atoms with Crippen LogP contribution in [0.3, 0.4) is 0 Å². The Hall–Kier alpha value is -2.10. The van der Waals surface area contributed by atoms with Gasteiger partial charge in [0.1, 0.15) is 11.8 Å². The molecule has 1 aliphatic carbocycles. The monoisotopic (exact) mass is 378 g/mol. The molecule has 2 N–H and O–H groups in total. The lowest BCUT2D eigenvalue weighted by Crippen LogP contribution is -2.41. The van der Waals surface area contributed by atoms with Crippen LogP contribution in [-0.2, 0) is 13.0 Å². The summed E-state index contributed by atoms with van der Waals surface area (Å²) in [5.74, 6) is 2.07. The van der Waals surface area contributed by atoms with E-state index in [2.05, 4.69) is 20.7 Å². The molecular weight excluding hydrogens is 359 g/mol. The van der Waals surface area contributed by atoms with Crippen molar-refractivity contribution >= 4 is 11.3 Å². The zero-order valence-electron chi connectivity index (χ0n) is 14.2. The molecule has 0 unspecified atom stereocenters. The molecule has 0 bridgehead atoms. The standard InChI is InChI=1S/C17H19FN4O3S/c1-9(23)17-21-20-16(24-17)6-10-4-11(5-10)19-8-12-7-13(22-25-12)14-2-3-15(18)26-14/h2-3,7,9-11,19,23H,4-6,8H2,1H3/t9-,10-,11-/m1/s1. The molecular formula is C17H19FN4O3S. The first-order valence-electron chi connectivity index (χ1n) is 8.52. The summed E-state index contributed by atoms with van der Waals surface area (Å²) >= 11 is 1.05. The maximum absolute atomic E-state index is 13.1. The largest absolute Gasteiger partial charge is 0.422 e. The molecule has 26 heavy (non-hydrogen) atoms. The third-order valence-electron chi connectivity index (χ3n) is 4.49. The molecule has 0 spiro atoms. The minimum absolute atomic E-state index is 0.231. The van der Waals surface area contributed by atoms with Crippen molar-refractivity contribution in [3.05, 3.63) is 40.9 Å². The predicted octanol–water partition coefficient (Wildman–Crippen LogP) is 3.09. The second kappa shape index (κ2) is 7.26. The van der Waals surface area contributed by atoms with E-state index in [1.807, 2.05) is 6.07 Å². The van der Waals surface area contributed by atoms with E-state index in [1.165, 1.54) is 6.07 Å². The fraction of sp³-hybridized carbons (Fsp3) is 0.471. The summed E-state index contributed by atoms with van der Waals surface area (Å²) in [5, 5.41) is 24.4. The number of nitrogens with one attached hydrogen (secondary N) is 1. The molecule has 0 saturated heterocycles. The maximum Gasteiger partial charge on any atom is 0.244 e. The molecule has 1 atom stereocenters. The van der Waals surface area contributed by atoms with E-state index in [9.17, 15) is 9.50 Å². The summed E-state index contributed by atoms with van der Waals surface area (Å²) in [6.07, 6.45) is 2.03. The lowest BCUT2D eigenvalue weighted by Gasteiger charge is -2.35. The lowest BCUT2D eigenvalue weighted by molar-refractivity contribution is 0.156. The highest BCUT2D eigenvalue weighted by atomic mass is 32.1. The molecule has 4 rings (SSSR count). The van der Waals surface area contributed by atoms with Gasteiger partial charge < -0.3 is 19.4 Å². The van der Waals surface area contributed by atoms with Crippen molar-refractivity contribution in [2.75, 3.05) is 0 Å². The molecule has 9 heteroatoms. The van der Waals surface area contributed by atoms with Crippen molar-refractivity contribution in [3.63, 3.8) is 0 Å². The summed E-state index contributed by atoms with van der Waals surface area (Å²) in [6, 6.07) is 5.37. The van der Waals surface area contributed by atoms with E-state index >= 15 is 0 Å². The van der Waals surface area contributed by atoms with Crippen LogP contribution in [0.2, 0.25) is 0 Å². The highest BCUT2D eigenvalue weighted by molar-refractivity contribution is 7.13. The number of aliphatic hydroxyl groups excluding tert-OH is 1. The van der Waals surface area contributed by atoms with Gasteiger partial charge in [-0.3, -0.25) is 0 Å². The Morgan fingerprint density at radius 2 is 2.23 bits per heavy atom. The molecule has 3 heterocycles. The van der Waals surface area contributed by atoms with Gasteiger partial charge in [-0.25, -0.2) is 0 Å². The van der Waals surface area contributed by atoms with Gasteiger partial charge in [-0.05, 0) is 37.8 Å². The Balaban J connectivity index is 1.22. The van der Waals surface area contributed by atoms with Crippen LogP contribution in [0.15, 0.2) is 27.1 Å². The SMILES string of the molecule is C[C@@H](O)c1nnc(C[C@H]2C[C@H](NCc3cc(-c4ccc(F)s4)no3)C2)o1. The number of rotatable bonds is 7. The van der Waals surface area contributed by atoms with E-state index < -0.39 is 6.10 Å². The van der Waals surface area contributed by atoms with Gasteiger partial charge in [-0.1, -0.05) is 5.16 Å². The van der Waals surface area contributed by atoms with Crippen LogP contribution >= 0.6 is 11.3 Å². The molecule has 1 saturated carbocycles. The van der Waals surface area contributed by atoms with E-state index in [-0.39, 0.29) is 11.0 Å². The van der Waals surface area contributed by atoms with Crippen molar-refractivity contribution < 1.29 is 18.4 Å². The van der Waals surface area contributed by atoms with Gasteiger partial charge in [0.05, 0.1) is 11.4 Å². The van der Waals surface area contributed by atoms with E-state index in [4.69, 9.17) is 8.94 Å². The van der Waals surface area contributed by atoms with Crippen molar-refractivity contribution in [1.29, 1.82) is 0 Å². The number of aromatic nitrogens is 3. The molecule has 1 fully saturated rings. The van der Waals surface area contributed by atoms with Gasteiger partial charge in [0, 0.05) is 18.5 Å². The second-order valence-corrected chi connectivity index (χ2v) is 7.65. The Morgan fingerprint density at radius 3 is 2.92 bits per heavy atom. The average Bonchev–Trinajstić information content (AvgIpc) is 3.29. The highest BCUT2D eigenvalue weighted by Gasteiger charge is 2.30. The van der Waals surface area contributed by atoms with Crippen LogP contribution in [0.5, 0.6) is 0 Å². The molecule has 0 aliphatic heterocycles. The van der Waals surface area contributed by atoms with E-state index in [1.54, 1.807) is 13.0 Å². The summed E-state index contributed by atoms with van der Waals surface area (Å²) < 4.78 is 23.8. The number of thiophene rings is 1. The Bertz CT molecular complexity index is 869. The summed E-state index contributed by atoms with van der Waals surface area (Å²) in [6.45, 7) is 2.19. The first-order valence-corrected chi connectivity index (χ1v) is 9.33. The van der Waals surface area contributed by atoms with Crippen molar-refractivity contribution in [3.8, 4) is 10.6 Å². The number of nitrogens with zero attached hydrogens (tertiary/aromatic N) is 3. The van der Waals surface area contributed by atoms with Crippen LogP contribution < -0.4 is 5.32 Å². The summed E-state index contributed by atoms with van der Waals surface area (Å²) in [5.41, 5.74) is 0.660. The lowest BCUT2D eigenvalue weighted by atomic mass is 9.78. The van der Waals surface area contributed by atoms with Crippen molar-refractivity contribution in [2.24, 2.45) is 5.92 Å². The molecule has 138 valence electrons. The number of hydrogen-bond donors (Lipinski definition) is 2. The molecule has 1 aliphatic rings. The normalized spacial score (nSPS) is 20.9. The first kappa shape index (κ1) is 17.3. The minimum atomic E-state index is -0.732.